The van der Waals surface area contributed by atoms with Gasteiger partial charge in [0.2, 0.25) is 0 Å². The van der Waals surface area contributed by atoms with Crippen LogP contribution < -0.4 is 5.32 Å². The zero-order valence-electron chi connectivity index (χ0n) is 16.8. The van der Waals surface area contributed by atoms with Crippen molar-refractivity contribution in [3.63, 3.8) is 0 Å². The number of rotatable bonds is 8. The first-order valence-corrected chi connectivity index (χ1v) is 9.87. The van der Waals surface area contributed by atoms with Gasteiger partial charge in [0.25, 0.3) is 0 Å². The van der Waals surface area contributed by atoms with Crippen LogP contribution in [0.1, 0.15) is 41.3 Å². The summed E-state index contributed by atoms with van der Waals surface area (Å²) in [5.74, 6) is -0.475. The molecule has 0 bridgehead atoms. The highest BCUT2D eigenvalue weighted by Gasteiger charge is 2.32. The molecule has 150 valence electrons. The molecule has 29 heavy (non-hydrogen) atoms. The minimum Gasteiger partial charge on any atom is -0.465 e. The quantitative estimate of drug-likeness (QED) is 0.563. The molecule has 2 atom stereocenters. The fraction of sp³-hybridized carbons (Fsp3) is 0.240. The van der Waals surface area contributed by atoms with Gasteiger partial charge in [-0.3, -0.25) is 10.1 Å². The van der Waals surface area contributed by atoms with E-state index < -0.39 is 18.1 Å². The van der Waals surface area contributed by atoms with Crippen LogP contribution in [0.5, 0.6) is 0 Å². The van der Waals surface area contributed by atoms with E-state index in [1.54, 1.807) is 6.92 Å². The fourth-order valence-corrected chi connectivity index (χ4v) is 3.33. The van der Waals surface area contributed by atoms with Crippen LogP contribution in [0.15, 0.2) is 84.9 Å². The molecular formula is C25H27NO3. The van der Waals surface area contributed by atoms with Crippen LogP contribution in [0.25, 0.3) is 0 Å². The van der Waals surface area contributed by atoms with Gasteiger partial charge in [0.15, 0.2) is 0 Å². The molecule has 2 N–H and O–H groups in total. The molecule has 0 aliphatic heterocycles. The van der Waals surface area contributed by atoms with Gasteiger partial charge in [-0.2, -0.15) is 0 Å². The summed E-state index contributed by atoms with van der Waals surface area (Å²) in [6.45, 7) is 4.00. The average Bonchev–Trinajstić information content (AvgIpc) is 2.76. The second kappa shape index (κ2) is 10.0. The van der Waals surface area contributed by atoms with E-state index in [0.29, 0.717) is 5.56 Å². The van der Waals surface area contributed by atoms with E-state index in [1.807, 2.05) is 91.9 Å². The van der Waals surface area contributed by atoms with Crippen LogP contribution in [0.3, 0.4) is 0 Å². The maximum Gasteiger partial charge on any atom is 0.326 e. The van der Waals surface area contributed by atoms with Crippen molar-refractivity contribution in [3.05, 3.63) is 107 Å². The van der Waals surface area contributed by atoms with Crippen LogP contribution in [0.2, 0.25) is 0 Å². The number of aliphatic hydroxyl groups is 1. The number of carbonyl (C=O) groups excluding carboxylic acids is 1. The van der Waals surface area contributed by atoms with Crippen LogP contribution in [-0.4, -0.2) is 23.7 Å². The lowest BCUT2D eigenvalue weighted by Crippen LogP contribution is -2.45. The Morgan fingerprint density at radius 2 is 1.38 bits per heavy atom. The molecular weight excluding hydrogens is 362 g/mol. The van der Waals surface area contributed by atoms with Crippen molar-refractivity contribution in [2.24, 2.45) is 0 Å². The number of ether oxygens (including phenoxy) is 1. The Balaban J connectivity index is 1.97. The smallest absolute Gasteiger partial charge is 0.326 e. The number of aliphatic hydroxyl groups excluding tert-OH is 1. The molecule has 0 heterocycles. The Labute approximate surface area is 172 Å². The summed E-state index contributed by atoms with van der Waals surface area (Å²) in [6.07, 6.45) is -1.04. The van der Waals surface area contributed by atoms with Crippen LogP contribution in [-0.2, 0) is 9.53 Å². The summed E-state index contributed by atoms with van der Waals surface area (Å²) in [7, 11) is 0. The summed E-state index contributed by atoms with van der Waals surface area (Å²) in [6, 6.07) is 26.1. The van der Waals surface area contributed by atoms with Crippen molar-refractivity contribution < 1.29 is 14.6 Å². The summed E-state index contributed by atoms with van der Waals surface area (Å²) >= 11 is 0. The van der Waals surface area contributed by atoms with Gasteiger partial charge in [0.1, 0.15) is 12.1 Å². The molecule has 0 unspecified atom stereocenters. The number of nitrogens with one attached hydrogen (secondary N) is 1. The monoisotopic (exact) mass is 389 g/mol. The second-order valence-electron chi connectivity index (χ2n) is 7.01. The average molecular weight is 389 g/mol. The molecule has 0 saturated heterocycles. The summed E-state index contributed by atoms with van der Waals surface area (Å²) < 4.78 is 5.28. The third-order valence-corrected chi connectivity index (χ3v) is 4.89. The maximum absolute atomic E-state index is 12.8. The third-order valence-electron chi connectivity index (χ3n) is 4.89. The maximum atomic E-state index is 12.8. The molecule has 0 saturated carbocycles. The standard InChI is InChI=1S/C25H27NO3/c1-3-29-25(28)23(24(27)21-16-14-18(2)15-17-21)26-22(19-10-6-4-7-11-19)20-12-8-5-9-13-20/h4-17,22-24,26-27H,3H2,1-2H3/t23-,24-/m0/s1. The highest BCUT2D eigenvalue weighted by molar-refractivity contribution is 5.77. The van der Waals surface area contributed by atoms with Crippen molar-refractivity contribution in [1.29, 1.82) is 0 Å². The Morgan fingerprint density at radius 3 is 1.86 bits per heavy atom. The van der Waals surface area contributed by atoms with Crippen LogP contribution in [0, 0.1) is 6.92 Å². The largest absolute Gasteiger partial charge is 0.465 e. The lowest BCUT2D eigenvalue weighted by molar-refractivity contribution is -0.149. The Bertz CT molecular complexity index is 855. The van der Waals surface area contributed by atoms with Gasteiger partial charge in [-0.05, 0) is 30.5 Å². The molecule has 0 spiro atoms. The molecule has 3 aromatic rings. The van der Waals surface area contributed by atoms with Gasteiger partial charge in [-0.1, -0.05) is 90.5 Å². The molecule has 3 aromatic carbocycles. The van der Waals surface area contributed by atoms with E-state index in [4.69, 9.17) is 4.74 Å². The first-order valence-electron chi connectivity index (χ1n) is 9.87. The predicted octanol–water partition coefficient (Wildman–Crippen LogP) is 4.34. The van der Waals surface area contributed by atoms with Gasteiger partial charge < -0.3 is 9.84 Å². The van der Waals surface area contributed by atoms with Gasteiger partial charge in [-0.15, -0.1) is 0 Å². The third kappa shape index (κ3) is 5.31. The zero-order chi connectivity index (χ0) is 20.6. The Morgan fingerprint density at radius 1 is 0.862 bits per heavy atom. The lowest BCUT2D eigenvalue weighted by Gasteiger charge is -2.29. The Kier molecular flexibility index (Phi) is 7.17. The van der Waals surface area contributed by atoms with E-state index in [1.165, 1.54) is 0 Å². The molecule has 0 amide bonds. The lowest BCUT2D eigenvalue weighted by atomic mass is 9.95. The summed E-state index contributed by atoms with van der Waals surface area (Å²) in [5.41, 5.74) is 3.77. The van der Waals surface area contributed by atoms with Crippen molar-refractivity contribution in [2.75, 3.05) is 6.61 Å². The number of esters is 1. The predicted molar refractivity (Wildman–Crippen MR) is 114 cm³/mol. The first-order chi connectivity index (χ1) is 14.1. The summed E-state index contributed by atoms with van der Waals surface area (Å²) in [4.78, 5) is 12.8. The van der Waals surface area contributed by atoms with Gasteiger partial charge in [-0.25, -0.2) is 0 Å². The molecule has 4 heteroatoms. The highest BCUT2D eigenvalue weighted by Crippen LogP contribution is 2.26. The molecule has 0 aromatic heterocycles. The Hall–Kier alpha value is -2.95. The van der Waals surface area contributed by atoms with Crippen LogP contribution in [0.4, 0.5) is 0 Å². The van der Waals surface area contributed by atoms with E-state index >= 15 is 0 Å². The van der Waals surface area contributed by atoms with Gasteiger partial charge >= 0.3 is 5.97 Å². The number of aryl methyl sites for hydroxylation is 1. The molecule has 0 aliphatic rings. The molecule has 3 rings (SSSR count). The summed E-state index contributed by atoms with van der Waals surface area (Å²) in [5, 5.41) is 14.4. The fourth-order valence-electron chi connectivity index (χ4n) is 3.33. The SMILES string of the molecule is CCOC(=O)[C@@H](NC(c1ccccc1)c1ccccc1)[C@@H](O)c1ccc(C)cc1. The second-order valence-corrected chi connectivity index (χ2v) is 7.01. The van der Waals surface area contributed by atoms with Gasteiger partial charge in [0.05, 0.1) is 12.6 Å². The zero-order valence-corrected chi connectivity index (χ0v) is 16.8. The molecule has 0 radical (unpaired) electrons. The first kappa shape index (κ1) is 20.8. The van der Waals surface area contributed by atoms with Crippen molar-refractivity contribution in [1.82, 2.24) is 5.32 Å². The van der Waals surface area contributed by atoms with Gasteiger partial charge in [0, 0.05) is 0 Å². The number of hydrogen-bond acceptors (Lipinski definition) is 4. The molecule has 0 fully saturated rings. The number of benzene rings is 3. The minimum atomic E-state index is -1.04. The van der Waals surface area contributed by atoms with E-state index in [-0.39, 0.29) is 12.6 Å². The van der Waals surface area contributed by atoms with E-state index in [9.17, 15) is 9.90 Å². The topological polar surface area (TPSA) is 58.6 Å². The van der Waals surface area contributed by atoms with Crippen LogP contribution >= 0.6 is 0 Å². The van der Waals surface area contributed by atoms with E-state index in [0.717, 1.165) is 16.7 Å². The van der Waals surface area contributed by atoms with Crippen molar-refractivity contribution in [3.8, 4) is 0 Å². The molecule has 4 nitrogen and oxygen atoms in total. The molecule has 0 aliphatic carbocycles. The van der Waals surface area contributed by atoms with Crippen molar-refractivity contribution in [2.45, 2.75) is 32.0 Å². The number of carbonyl (C=O) groups is 1. The van der Waals surface area contributed by atoms with E-state index in [2.05, 4.69) is 5.32 Å². The highest BCUT2D eigenvalue weighted by atomic mass is 16.5. The van der Waals surface area contributed by atoms with Crippen molar-refractivity contribution >= 4 is 5.97 Å². The normalized spacial score (nSPS) is 13.1. The minimum absolute atomic E-state index is 0.249. The number of hydrogen-bond donors (Lipinski definition) is 2.